The van der Waals surface area contributed by atoms with Gasteiger partial charge in [-0.1, -0.05) is 0 Å². The van der Waals surface area contributed by atoms with Crippen molar-refractivity contribution < 1.29 is 19.1 Å². The van der Waals surface area contributed by atoms with Gasteiger partial charge in [0.2, 0.25) is 5.91 Å². The second kappa shape index (κ2) is 8.30. The molecule has 0 atom stereocenters. The maximum Gasteiger partial charge on any atom is 0.340 e. The lowest BCUT2D eigenvalue weighted by molar-refractivity contribution is -0.116. The molecule has 0 aliphatic rings. The van der Waals surface area contributed by atoms with E-state index in [0.29, 0.717) is 17.9 Å². The Labute approximate surface area is 168 Å². The topological polar surface area (TPSA) is 94.8 Å². The Bertz CT molecular complexity index is 1090. The van der Waals surface area contributed by atoms with Crippen LogP contribution in [0.5, 0.6) is 5.75 Å². The molecule has 2 heterocycles. The Hall–Kier alpha value is -3.42. The molecule has 0 unspecified atom stereocenters. The van der Waals surface area contributed by atoms with E-state index in [4.69, 9.17) is 9.47 Å². The Kier molecular flexibility index (Phi) is 5.81. The average molecular weight is 396 g/mol. The van der Waals surface area contributed by atoms with Crippen molar-refractivity contribution in [3.05, 3.63) is 52.5 Å². The van der Waals surface area contributed by atoms with Gasteiger partial charge in [-0.2, -0.15) is 5.10 Å². The molecule has 0 aliphatic heterocycles. The summed E-state index contributed by atoms with van der Waals surface area (Å²) >= 11 is 0. The number of anilines is 1. The lowest BCUT2D eigenvalue weighted by Gasteiger charge is -2.13. The number of amides is 1. The highest BCUT2D eigenvalue weighted by Crippen LogP contribution is 2.23. The van der Waals surface area contributed by atoms with Crippen molar-refractivity contribution in [2.24, 2.45) is 0 Å². The van der Waals surface area contributed by atoms with Gasteiger partial charge in [-0.15, -0.1) is 0 Å². The van der Waals surface area contributed by atoms with Crippen LogP contribution in [0.25, 0.3) is 5.65 Å². The van der Waals surface area contributed by atoms with Crippen LogP contribution in [0.1, 0.15) is 39.4 Å². The number of aryl methyl sites for hydroxylation is 3. The molecule has 29 heavy (non-hydrogen) atoms. The SMILES string of the molecule is COC(=O)c1cc(OC)ccc1NC(=O)CCc1c(C)nc2cc(C)nn2c1C. The Morgan fingerprint density at radius 1 is 1.14 bits per heavy atom. The third-order valence-electron chi connectivity index (χ3n) is 4.79. The number of hydrogen-bond donors (Lipinski definition) is 1. The number of nitrogens with one attached hydrogen (secondary N) is 1. The van der Waals surface area contributed by atoms with Gasteiger partial charge in [0, 0.05) is 23.9 Å². The van der Waals surface area contributed by atoms with Crippen LogP contribution >= 0.6 is 0 Å². The summed E-state index contributed by atoms with van der Waals surface area (Å²) in [7, 11) is 2.80. The maximum absolute atomic E-state index is 12.6. The molecule has 3 aromatic rings. The summed E-state index contributed by atoms with van der Waals surface area (Å²) < 4.78 is 11.7. The molecule has 0 saturated carbocycles. The smallest absolute Gasteiger partial charge is 0.340 e. The zero-order valence-corrected chi connectivity index (χ0v) is 17.2. The largest absolute Gasteiger partial charge is 0.497 e. The first-order chi connectivity index (χ1) is 13.8. The number of aromatic nitrogens is 3. The van der Waals surface area contributed by atoms with Crippen LogP contribution in [0, 0.1) is 20.8 Å². The normalized spacial score (nSPS) is 10.8. The second-order valence-electron chi connectivity index (χ2n) is 6.77. The Balaban J connectivity index is 1.77. The highest BCUT2D eigenvalue weighted by atomic mass is 16.5. The molecular formula is C21H24N4O4. The van der Waals surface area contributed by atoms with Gasteiger partial charge in [0.1, 0.15) is 5.75 Å². The van der Waals surface area contributed by atoms with Crippen molar-refractivity contribution in [3.8, 4) is 5.75 Å². The number of fused-ring (bicyclic) bond motifs is 1. The first-order valence-corrected chi connectivity index (χ1v) is 9.22. The summed E-state index contributed by atoms with van der Waals surface area (Å²) in [5.41, 5.74) is 5.14. The molecule has 1 N–H and O–H groups in total. The number of hydrogen-bond acceptors (Lipinski definition) is 6. The molecule has 0 radical (unpaired) electrons. The van der Waals surface area contributed by atoms with Crippen LogP contribution in [0.4, 0.5) is 5.69 Å². The molecular weight excluding hydrogens is 372 g/mol. The zero-order chi connectivity index (χ0) is 21.1. The third kappa shape index (κ3) is 4.21. The van der Waals surface area contributed by atoms with Crippen LogP contribution in [-0.2, 0) is 16.0 Å². The van der Waals surface area contributed by atoms with E-state index in [-0.39, 0.29) is 17.9 Å². The van der Waals surface area contributed by atoms with E-state index in [1.54, 1.807) is 16.6 Å². The molecule has 3 rings (SSSR count). The monoisotopic (exact) mass is 396 g/mol. The molecule has 0 spiro atoms. The van der Waals surface area contributed by atoms with Gasteiger partial charge in [0.25, 0.3) is 0 Å². The Morgan fingerprint density at radius 3 is 2.59 bits per heavy atom. The minimum Gasteiger partial charge on any atom is -0.497 e. The fourth-order valence-electron chi connectivity index (χ4n) is 3.29. The lowest BCUT2D eigenvalue weighted by Crippen LogP contribution is -2.17. The van der Waals surface area contributed by atoms with Crippen molar-refractivity contribution in [2.75, 3.05) is 19.5 Å². The van der Waals surface area contributed by atoms with Gasteiger partial charge in [-0.25, -0.2) is 14.3 Å². The van der Waals surface area contributed by atoms with Crippen LogP contribution in [0.3, 0.4) is 0 Å². The molecule has 2 aromatic heterocycles. The number of carbonyl (C=O) groups is 2. The summed E-state index contributed by atoms with van der Waals surface area (Å²) in [6.07, 6.45) is 0.747. The van der Waals surface area contributed by atoms with E-state index in [9.17, 15) is 9.59 Å². The fourth-order valence-corrected chi connectivity index (χ4v) is 3.29. The van der Waals surface area contributed by atoms with E-state index in [2.05, 4.69) is 15.4 Å². The number of rotatable bonds is 6. The molecule has 8 nitrogen and oxygen atoms in total. The molecule has 8 heteroatoms. The highest BCUT2D eigenvalue weighted by molar-refractivity contribution is 6.01. The van der Waals surface area contributed by atoms with Crippen LogP contribution in [-0.4, -0.2) is 40.7 Å². The highest BCUT2D eigenvalue weighted by Gasteiger charge is 2.17. The van der Waals surface area contributed by atoms with Crippen LogP contribution in [0.2, 0.25) is 0 Å². The van der Waals surface area contributed by atoms with Gasteiger partial charge in [-0.05, 0) is 51.0 Å². The standard InChI is InChI=1S/C21H24N4O4/c1-12-10-19-22-13(2)16(14(3)25(19)24-12)7-9-20(26)23-18-8-6-15(28-4)11-17(18)21(27)29-5/h6,8,10-11H,7,9H2,1-5H3,(H,23,26). The summed E-state index contributed by atoms with van der Waals surface area (Å²) in [4.78, 5) is 29.2. The predicted molar refractivity (Wildman–Crippen MR) is 108 cm³/mol. The first kappa shape index (κ1) is 20.3. The quantitative estimate of drug-likeness (QED) is 0.644. The number of nitrogens with zero attached hydrogens (tertiary/aromatic N) is 3. The number of carbonyl (C=O) groups excluding carboxylic acids is 2. The van der Waals surface area contributed by atoms with Gasteiger partial charge in [0.15, 0.2) is 5.65 Å². The predicted octanol–water partition coefficient (Wildman–Crippen LogP) is 3.02. The van der Waals surface area contributed by atoms with Crippen molar-refractivity contribution in [2.45, 2.75) is 33.6 Å². The second-order valence-corrected chi connectivity index (χ2v) is 6.77. The van der Waals surface area contributed by atoms with Gasteiger partial charge >= 0.3 is 5.97 Å². The summed E-state index contributed by atoms with van der Waals surface area (Å²) in [5, 5.41) is 7.25. The van der Waals surface area contributed by atoms with Crippen molar-refractivity contribution >= 4 is 23.2 Å². The summed E-state index contributed by atoms with van der Waals surface area (Å²) in [6, 6.07) is 6.76. The minimum atomic E-state index is -0.547. The van der Waals surface area contributed by atoms with Crippen molar-refractivity contribution in [1.82, 2.24) is 14.6 Å². The van der Waals surface area contributed by atoms with E-state index in [0.717, 1.165) is 28.3 Å². The average Bonchev–Trinajstić information content (AvgIpc) is 3.07. The lowest BCUT2D eigenvalue weighted by atomic mass is 10.1. The molecule has 0 aliphatic carbocycles. The molecule has 1 amide bonds. The zero-order valence-electron chi connectivity index (χ0n) is 17.2. The minimum absolute atomic E-state index is 0.212. The van der Waals surface area contributed by atoms with Gasteiger partial charge in [-0.3, -0.25) is 4.79 Å². The molecule has 1 aromatic carbocycles. The fraction of sp³-hybridized carbons (Fsp3) is 0.333. The molecule has 152 valence electrons. The summed E-state index contributed by atoms with van der Waals surface area (Å²) in [6.45, 7) is 5.83. The van der Waals surface area contributed by atoms with Crippen LogP contribution in [0.15, 0.2) is 24.3 Å². The third-order valence-corrected chi connectivity index (χ3v) is 4.79. The maximum atomic E-state index is 12.6. The van der Waals surface area contributed by atoms with Crippen molar-refractivity contribution in [3.63, 3.8) is 0 Å². The molecule has 0 bridgehead atoms. The van der Waals surface area contributed by atoms with E-state index in [1.165, 1.54) is 20.3 Å². The van der Waals surface area contributed by atoms with E-state index < -0.39 is 5.97 Å². The number of benzene rings is 1. The van der Waals surface area contributed by atoms with Gasteiger partial charge in [0.05, 0.1) is 31.2 Å². The summed E-state index contributed by atoms with van der Waals surface area (Å²) in [5.74, 6) is -0.256. The number of methoxy groups -OCH3 is 2. The Morgan fingerprint density at radius 2 is 1.90 bits per heavy atom. The van der Waals surface area contributed by atoms with Crippen LogP contribution < -0.4 is 10.1 Å². The van der Waals surface area contributed by atoms with Gasteiger partial charge < -0.3 is 14.8 Å². The molecule has 0 saturated heterocycles. The number of esters is 1. The molecule has 0 fully saturated rings. The van der Waals surface area contributed by atoms with Crippen molar-refractivity contribution in [1.29, 1.82) is 0 Å². The van der Waals surface area contributed by atoms with E-state index in [1.807, 2.05) is 26.8 Å². The number of ether oxygens (including phenoxy) is 2. The first-order valence-electron chi connectivity index (χ1n) is 9.22. The van der Waals surface area contributed by atoms with E-state index >= 15 is 0 Å².